The number of benzene rings is 1. The third-order valence-corrected chi connectivity index (χ3v) is 4.88. The molecule has 0 aliphatic carbocycles. The number of anilines is 1. The third-order valence-electron chi connectivity index (χ3n) is 4.88. The molecule has 1 aromatic rings. The highest BCUT2D eigenvalue weighted by Gasteiger charge is 2.25. The van der Waals surface area contributed by atoms with Crippen LogP contribution in [0.2, 0.25) is 0 Å². The van der Waals surface area contributed by atoms with E-state index in [9.17, 15) is 28.8 Å². The normalized spacial score (nSPS) is 13.3. The van der Waals surface area contributed by atoms with Crippen molar-refractivity contribution >= 4 is 41.2 Å². The highest BCUT2D eigenvalue weighted by atomic mass is 16.5. The van der Waals surface area contributed by atoms with E-state index in [-0.39, 0.29) is 36.4 Å². The van der Waals surface area contributed by atoms with Gasteiger partial charge in [0.2, 0.25) is 17.7 Å². The van der Waals surface area contributed by atoms with Crippen LogP contribution < -0.4 is 16.0 Å². The van der Waals surface area contributed by atoms with E-state index in [0.717, 1.165) is 22.6 Å². The van der Waals surface area contributed by atoms with Gasteiger partial charge >= 0.3 is 5.97 Å². The zero-order valence-corrected chi connectivity index (χ0v) is 22.2. The van der Waals surface area contributed by atoms with Crippen LogP contribution in [0.15, 0.2) is 36.4 Å². The number of nitrogens with one attached hydrogen (secondary N) is 3. The number of rotatable bonds is 10. The fourth-order valence-corrected chi connectivity index (χ4v) is 2.82. The molecule has 1 aromatic carbocycles. The number of amides is 5. The number of hydrogen-bond donors (Lipinski definition) is 3. The summed E-state index contributed by atoms with van der Waals surface area (Å²) < 4.78 is 5.24. The summed E-state index contributed by atoms with van der Waals surface area (Å²) in [7, 11) is 0. The van der Waals surface area contributed by atoms with Crippen molar-refractivity contribution < 1.29 is 37.8 Å². The van der Waals surface area contributed by atoms with Crippen molar-refractivity contribution in [1.29, 1.82) is 0 Å². The Morgan fingerprint density at radius 2 is 1.54 bits per heavy atom. The molecule has 1 heterocycles. The topological polar surface area (TPSA) is 151 Å². The second kappa shape index (κ2) is 14.5. The van der Waals surface area contributed by atoms with Crippen LogP contribution in [-0.2, 0) is 40.1 Å². The molecule has 1 aliphatic heterocycles. The number of imide groups is 1. The van der Waals surface area contributed by atoms with Crippen molar-refractivity contribution in [2.45, 2.75) is 60.6 Å². The van der Waals surface area contributed by atoms with Crippen LogP contribution in [0.5, 0.6) is 0 Å². The first-order chi connectivity index (χ1) is 17.4. The van der Waals surface area contributed by atoms with Gasteiger partial charge in [-0.05, 0) is 45.4 Å². The van der Waals surface area contributed by atoms with E-state index in [0.29, 0.717) is 5.69 Å². The smallest absolute Gasteiger partial charge is 0.311 e. The van der Waals surface area contributed by atoms with E-state index in [1.807, 2.05) is 13.8 Å². The summed E-state index contributed by atoms with van der Waals surface area (Å²) >= 11 is 0. The average Bonchev–Trinajstić information content (AvgIpc) is 3.17. The Morgan fingerprint density at radius 1 is 0.973 bits per heavy atom. The maximum atomic E-state index is 12.2. The minimum absolute atomic E-state index is 0. The van der Waals surface area contributed by atoms with Crippen molar-refractivity contribution in [1.82, 2.24) is 15.5 Å². The number of nitrogens with zero attached hydrogens (tertiary/aromatic N) is 1. The summed E-state index contributed by atoms with van der Waals surface area (Å²) in [6, 6.07) is 5.79. The van der Waals surface area contributed by atoms with Gasteiger partial charge in [0.15, 0.2) is 0 Å². The van der Waals surface area contributed by atoms with Gasteiger partial charge in [0, 0.05) is 35.1 Å². The first kappa shape index (κ1) is 31.0. The molecular weight excluding hydrogens is 480 g/mol. The van der Waals surface area contributed by atoms with Gasteiger partial charge in [-0.3, -0.25) is 33.7 Å². The fraction of sp³-hybridized carbons (Fsp3) is 0.462. The molecule has 0 spiro atoms. The quantitative estimate of drug-likeness (QED) is 0.315. The first-order valence-electron chi connectivity index (χ1n) is 12.0. The molecule has 0 bridgehead atoms. The van der Waals surface area contributed by atoms with Crippen molar-refractivity contribution in [3.63, 3.8) is 0 Å². The molecule has 1 atom stereocenters. The number of ether oxygens (including phenoxy) is 1. The predicted octanol–water partition coefficient (Wildman–Crippen LogP) is 2.41. The Hall–Kier alpha value is -4.02. The highest BCUT2D eigenvalue weighted by molar-refractivity contribution is 6.13. The molecule has 208 valence electrons. The van der Waals surface area contributed by atoms with Gasteiger partial charge in [-0.15, -0.1) is 0 Å². The maximum absolute atomic E-state index is 12.2. The molecule has 0 aromatic heterocycles. The Labute approximate surface area is 221 Å². The molecule has 3 N–H and O–H groups in total. The van der Waals surface area contributed by atoms with E-state index in [1.165, 1.54) is 6.92 Å². The number of hydrogen-bond acceptors (Lipinski definition) is 7. The molecule has 0 unspecified atom stereocenters. The average molecular weight is 523 g/mol. The predicted molar refractivity (Wildman–Crippen MR) is 143 cm³/mol. The summed E-state index contributed by atoms with van der Waals surface area (Å²) in [4.78, 5) is 72.0. The lowest BCUT2D eigenvalue weighted by Gasteiger charge is -2.17. The van der Waals surface area contributed by atoms with Crippen molar-refractivity contribution in [3.8, 4) is 0 Å². The van der Waals surface area contributed by atoms with E-state index in [4.69, 9.17) is 4.74 Å². The molecule has 0 fully saturated rings. The van der Waals surface area contributed by atoms with Gasteiger partial charge in [0.1, 0.15) is 12.6 Å². The van der Waals surface area contributed by atoms with Crippen molar-refractivity contribution in [2.75, 3.05) is 18.4 Å². The Kier molecular flexibility index (Phi) is 12.2. The lowest BCUT2D eigenvalue weighted by molar-refractivity contribution is -0.154. The largest absolute Gasteiger partial charge is 0.460 e. The van der Waals surface area contributed by atoms with Gasteiger partial charge in [-0.25, -0.2) is 0 Å². The van der Waals surface area contributed by atoms with Crippen LogP contribution in [0.3, 0.4) is 0 Å². The summed E-state index contributed by atoms with van der Waals surface area (Å²) in [5.74, 6) is -2.85. The van der Waals surface area contributed by atoms with Crippen LogP contribution in [0.4, 0.5) is 5.69 Å². The molecule has 37 heavy (non-hydrogen) atoms. The van der Waals surface area contributed by atoms with Crippen LogP contribution in [0.25, 0.3) is 0 Å². The third kappa shape index (κ3) is 10.6. The van der Waals surface area contributed by atoms with Gasteiger partial charge < -0.3 is 20.7 Å². The second-order valence-electron chi connectivity index (χ2n) is 8.99. The Balaban J connectivity index is -0.00000267. The minimum atomic E-state index is -0.923. The standard InChI is InChI=1S/C24H30N4O7.C2H6.3H2/c1-15(26-18(29)11-12-28-20(31)9-10-21(28)32)22(33)25-13-19(30)27-17-7-5-16(6-8-17)14-35-23(34)24(2,3)4;1-2;;;/h5-10,15H,11-14H2,1-4H3,(H,25,33)(H,26,29)(H,27,30);1-2H3;3*1H/t15-;;;;/m0..../s1. The fourth-order valence-electron chi connectivity index (χ4n) is 2.82. The molecular formula is C26H42N4O7. The number of carbonyl (C=O) groups is 6. The van der Waals surface area contributed by atoms with Gasteiger partial charge in [-0.1, -0.05) is 26.0 Å². The molecule has 0 saturated carbocycles. The second-order valence-corrected chi connectivity index (χ2v) is 8.99. The monoisotopic (exact) mass is 522 g/mol. The summed E-state index contributed by atoms with van der Waals surface area (Å²) in [6.45, 7) is 10.5. The van der Waals surface area contributed by atoms with E-state index in [2.05, 4.69) is 16.0 Å². The molecule has 2 rings (SSSR count). The van der Waals surface area contributed by atoms with Gasteiger partial charge in [-0.2, -0.15) is 0 Å². The van der Waals surface area contributed by atoms with Crippen LogP contribution in [-0.4, -0.2) is 59.5 Å². The van der Waals surface area contributed by atoms with Crippen molar-refractivity contribution in [3.05, 3.63) is 42.0 Å². The van der Waals surface area contributed by atoms with Crippen LogP contribution >= 0.6 is 0 Å². The molecule has 0 saturated heterocycles. The van der Waals surface area contributed by atoms with Crippen LogP contribution in [0, 0.1) is 5.41 Å². The van der Waals surface area contributed by atoms with Crippen molar-refractivity contribution in [2.24, 2.45) is 5.41 Å². The van der Waals surface area contributed by atoms with E-state index in [1.54, 1.807) is 45.0 Å². The molecule has 1 aliphatic rings. The number of esters is 1. The maximum Gasteiger partial charge on any atom is 0.311 e. The van der Waals surface area contributed by atoms with Crippen LogP contribution in [0.1, 0.15) is 57.8 Å². The first-order valence-corrected chi connectivity index (χ1v) is 12.0. The SMILES string of the molecule is CC.C[C@H](NC(=O)CCN1C(=O)C=CC1=O)C(=O)NCC(=O)Nc1ccc(COC(=O)C(C)(C)C)cc1.[HH].[HH].[HH]. The Bertz CT molecular complexity index is 1020. The minimum Gasteiger partial charge on any atom is -0.460 e. The molecule has 0 radical (unpaired) electrons. The highest BCUT2D eigenvalue weighted by Crippen LogP contribution is 2.17. The number of carbonyl (C=O) groups excluding carboxylic acids is 6. The Morgan fingerprint density at radius 3 is 2.08 bits per heavy atom. The van der Waals surface area contributed by atoms with E-state index < -0.39 is 41.0 Å². The lowest BCUT2D eigenvalue weighted by Crippen LogP contribution is -2.47. The zero-order chi connectivity index (χ0) is 28.2. The summed E-state index contributed by atoms with van der Waals surface area (Å²) in [5, 5.41) is 7.51. The zero-order valence-electron chi connectivity index (χ0n) is 22.2. The van der Waals surface area contributed by atoms with E-state index >= 15 is 0 Å². The summed E-state index contributed by atoms with van der Waals surface area (Å²) in [5.41, 5.74) is 0.662. The lowest BCUT2D eigenvalue weighted by atomic mass is 9.97. The van der Waals surface area contributed by atoms with Gasteiger partial charge in [0.25, 0.3) is 11.8 Å². The molecule has 11 heteroatoms. The summed E-state index contributed by atoms with van der Waals surface area (Å²) in [6.07, 6.45) is 2.10. The molecule has 5 amide bonds. The van der Waals surface area contributed by atoms with Gasteiger partial charge in [0.05, 0.1) is 12.0 Å². The molecule has 11 nitrogen and oxygen atoms in total.